The number of hydrogen-bond acceptors (Lipinski definition) is 6. The lowest BCUT2D eigenvalue weighted by molar-refractivity contribution is -0.145. The minimum absolute atomic E-state index is 0.195. The first-order valence-corrected chi connectivity index (χ1v) is 13.1. The summed E-state index contributed by atoms with van der Waals surface area (Å²) in [6, 6.07) is 15.6. The highest BCUT2D eigenvalue weighted by atomic mass is 35.5. The Morgan fingerprint density at radius 1 is 1.19 bits per heavy atom. The number of aliphatic hydroxyl groups is 1. The molecule has 1 amide bonds. The number of nitrogens with one attached hydrogen (secondary N) is 1. The number of nitrogens with zero attached hydrogens (tertiary/aromatic N) is 2. The topological polar surface area (TPSA) is 99.6 Å². The highest BCUT2D eigenvalue weighted by Gasteiger charge is 2.48. The van der Waals surface area contributed by atoms with Crippen molar-refractivity contribution in [2.75, 3.05) is 24.2 Å². The van der Waals surface area contributed by atoms with Gasteiger partial charge in [0.25, 0.3) is 5.91 Å². The van der Waals surface area contributed by atoms with Crippen LogP contribution >= 0.6 is 11.6 Å². The number of halogens is 4. The summed E-state index contributed by atoms with van der Waals surface area (Å²) in [6.45, 7) is 0.0751. The Morgan fingerprint density at radius 3 is 2.68 bits per heavy atom. The van der Waals surface area contributed by atoms with Crippen LogP contribution in [0.2, 0.25) is 5.02 Å². The Balaban J connectivity index is 1.51. The molecule has 194 valence electrons. The van der Waals surface area contributed by atoms with E-state index in [1.165, 1.54) is 12.1 Å². The average Bonchev–Trinajstić information content (AvgIpc) is 3.03. The number of aromatic nitrogens is 1. The second-order valence-corrected chi connectivity index (χ2v) is 11.0. The van der Waals surface area contributed by atoms with Gasteiger partial charge in [0.05, 0.1) is 16.8 Å². The Bertz CT molecular complexity index is 1450. The molecular weight excluding hydrogens is 531 g/mol. The van der Waals surface area contributed by atoms with Crippen molar-refractivity contribution in [2.45, 2.75) is 29.6 Å². The number of hydrogen-bond donors (Lipinski definition) is 2. The molecule has 0 spiro atoms. The first-order chi connectivity index (χ1) is 17.4. The number of sulfone groups is 1. The van der Waals surface area contributed by atoms with E-state index in [-0.39, 0.29) is 24.4 Å². The number of carbonyl (C=O) groups excluding carboxylic acids is 1. The van der Waals surface area contributed by atoms with Crippen LogP contribution in [-0.2, 0) is 14.6 Å². The van der Waals surface area contributed by atoms with E-state index in [0.29, 0.717) is 16.6 Å². The molecule has 2 heterocycles. The van der Waals surface area contributed by atoms with Crippen LogP contribution in [-0.4, -0.2) is 60.1 Å². The first kappa shape index (κ1) is 26.7. The van der Waals surface area contributed by atoms with Gasteiger partial charge in [-0.3, -0.25) is 9.78 Å². The van der Waals surface area contributed by atoms with Crippen molar-refractivity contribution in [3.63, 3.8) is 0 Å². The highest BCUT2D eigenvalue weighted by molar-refractivity contribution is 7.91. The second-order valence-electron chi connectivity index (χ2n) is 8.52. The normalized spacial score (nSPS) is 18.1. The quantitative estimate of drug-likeness (QED) is 0.387. The van der Waals surface area contributed by atoms with Crippen molar-refractivity contribution in [1.29, 1.82) is 0 Å². The maximum absolute atomic E-state index is 13.1. The fourth-order valence-corrected chi connectivity index (χ4v) is 5.80. The molecule has 0 bridgehead atoms. The van der Waals surface area contributed by atoms with E-state index < -0.39 is 45.4 Å². The van der Waals surface area contributed by atoms with Gasteiger partial charge in [-0.25, -0.2) is 8.42 Å². The lowest BCUT2D eigenvalue weighted by atomic mass is 10.1. The SMILES string of the molecule is O=C1C(CC(F)(F)F)=CC(O)(CS(=O)(=O)c2cc#ccc2)N1CCCNc1ccnc2cc(Cl)ccc12. The number of carbonyl (C=O) groups is 1. The molecule has 0 radical (unpaired) electrons. The van der Waals surface area contributed by atoms with Gasteiger partial charge in [0.15, 0.2) is 15.6 Å². The number of rotatable bonds is 9. The molecule has 1 aliphatic heterocycles. The number of alkyl halides is 3. The molecule has 3 aromatic rings. The summed E-state index contributed by atoms with van der Waals surface area (Å²) < 4.78 is 65.0. The fraction of sp³-hybridized carbons (Fsp3) is 0.280. The van der Waals surface area contributed by atoms with Crippen LogP contribution in [0.4, 0.5) is 18.9 Å². The molecule has 2 N–H and O–H groups in total. The third-order valence-corrected chi connectivity index (χ3v) is 7.76. The lowest BCUT2D eigenvalue weighted by Gasteiger charge is -2.33. The number of fused-ring (bicyclic) bond motifs is 1. The maximum atomic E-state index is 13.1. The van der Waals surface area contributed by atoms with E-state index in [4.69, 9.17) is 11.6 Å². The van der Waals surface area contributed by atoms with Crippen LogP contribution in [0.25, 0.3) is 10.9 Å². The van der Waals surface area contributed by atoms with E-state index in [2.05, 4.69) is 22.4 Å². The first-order valence-electron chi connectivity index (χ1n) is 11.1. The van der Waals surface area contributed by atoms with Crippen molar-refractivity contribution in [3.05, 3.63) is 77.5 Å². The fourth-order valence-electron chi connectivity index (χ4n) is 4.15. The molecule has 1 unspecified atom stereocenters. The summed E-state index contributed by atoms with van der Waals surface area (Å²) in [5, 5.41) is 15.7. The van der Waals surface area contributed by atoms with Crippen LogP contribution in [0.15, 0.2) is 65.2 Å². The van der Waals surface area contributed by atoms with Crippen LogP contribution in [0.1, 0.15) is 12.8 Å². The summed E-state index contributed by atoms with van der Waals surface area (Å²) in [6.07, 6.45) is -3.81. The standard InChI is InChI=1S/C25H21ClF3N3O4S/c26-18-7-8-20-21(9-11-31-22(20)13-18)30-10-4-12-32-23(33)17(15-25(27,28)29)14-24(32,34)16-37(35,36)19-5-2-1-3-6-19/h2,5-9,11,13-14,34H,4,10,12,15-16H2,(H,30,31). The van der Waals surface area contributed by atoms with Gasteiger partial charge in [-0.05, 0) is 48.9 Å². The Morgan fingerprint density at radius 2 is 1.97 bits per heavy atom. The molecule has 0 saturated heterocycles. The molecule has 4 rings (SSSR count). The third-order valence-electron chi connectivity index (χ3n) is 5.75. The maximum Gasteiger partial charge on any atom is 0.393 e. The predicted molar refractivity (Wildman–Crippen MR) is 131 cm³/mol. The third kappa shape index (κ3) is 6.15. The van der Waals surface area contributed by atoms with Crippen molar-refractivity contribution < 1.29 is 31.5 Å². The molecule has 0 fully saturated rings. The van der Waals surface area contributed by atoms with Gasteiger partial charge in [-0.2, -0.15) is 13.2 Å². The minimum Gasteiger partial charge on any atom is -0.384 e. The molecule has 12 heteroatoms. The summed E-state index contributed by atoms with van der Waals surface area (Å²) in [7, 11) is -4.18. The van der Waals surface area contributed by atoms with Crippen LogP contribution < -0.4 is 5.32 Å². The monoisotopic (exact) mass is 551 g/mol. The minimum atomic E-state index is -4.71. The van der Waals surface area contributed by atoms with Gasteiger partial charge in [0, 0.05) is 47.0 Å². The molecule has 2 aromatic carbocycles. The summed E-state index contributed by atoms with van der Waals surface area (Å²) in [4.78, 5) is 17.7. The van der Waals surface area contributed by atoms with Gasteiger partial charge >= 0.3 is 6.18 Å². The highest BCUT2D eigenvalue weighted by Crippen LogP contribution is 2.35. The molecular formula is C25H21ClF3N3O4S. The van der Waals surface area contributed by atoms with E-state index in [1.54, 1.807) is 30.5 Å². The van der Waals surface area contributed by atoms with Gasteiger partial charge in [-0.15, -0.1) is 0 Å². The molecule has 0 saturated carbocycles. The summed E-state index contributed by atoms with van der Waals surface area (Å²) in [5.41, 5.74) is -1.78. The number of benzene rings is 1. The number of amides is 1. The lowest BCUT2D eigenvalue weighted by Crippen LogP contribution is -2.51. The van der Waals surface area contributed by atoms with E-state index in [0.717, 1.165) is 22.0 Å². The van der Waals surface area contributed by atoms with E-state index in [9.17, 15) is 31.5 Å². The van der Waals surface area contributed by atoms with Crippen LogP contribution in [0, 0.1) is 12.1 Å². The van der Waals surface area contributed by atoms with Crippen molar-refractivity contribution in [1.82, 2.24) is 9.88 Å². The Labute approximate surface area is 216 Å². The average molecular weight is 552 g/mol. The van der Waals surface area contributed by atoms with E-state index in [1.807, 2.05) is 0 Å². The number of pyridine rings is 1. The van der Waals surface area contributed by atoms with Gasteiger partial charge in [-0.1, -0.05) is 23.7 Å². The van der Waals surface area contributed by atoms with Crippen molar-refractivity contribution >= 4 is 43.9 Å². The zero-order chi connectivity index (χ0) is 26.8. The zero-order valence-electron chi connectivity index (χ0n) is 19.2. The van der Waals surface area contributed by atoms with Gasteiger partial charge in [0.2, 0.25) is 0 Å². The molecule has 7 nitrogen and oxygen atoms in total. The molecule has 1 aliphatic rings. The van der Waals surface area contributed by atoms with E-state index >= 15 is 0 Å². The van der Waals surface area contributed by atoms with Crippen molar-refractivity contribution in [2.24, 2.45) is 0 Å². The molecule has 37 heavy (non-hydrogen) atoms. The van der Waals surface area contributed by atoms with Gasteiger partial charge < -0.3 is 15.3 Å². The summed E-state index contributed by atoms with van der Waals surface area (Å²) >= 11 is 6.00. The zero-order valence-corrected chi connectivity index (χ0v) is 20.8. The van der Waals surface area contributed by atoms with Gasteiger partial charge in [0.1, 0.15) is 5.75 Å². The summed E-state index contributed by atoms with van der Waals surface area (Å²) in [5.74, 6) is -2.07. The Kier molecular flexibility index (Phi) is 7.37. The van der Waals surface area contributed by atoms with Crippen molar-refractivity contribution in [3.8, 4) is 0 Å². The molecule has 1 aromatic heterocycles. The molecule has 1 atom stereocenters. The molecule has 0 aliphatic carbocycles. The largest absolute Gasteiger partial charge is 0.393 e. The Hall–Kier alpha value is -3.33. The number of anilines is 1. The predicted octanol–water partition coefficient (Wildman–Crippen LogP) is 4.17. The smallest absolute Gasteiger partial charge is 0.384 e. The van der Waals surface area contributed by atoms with Crippen LogP contribution in [0.3, 0.4) is 0 Å². The second kappa shape index (κ2) is 10.2. The van der Waals surface area contributed by atoms with Crippen LogP contribution in [0.5, 0.6) is 0 Å².